The molecule has 0 unspecified atom stereocenters. The van der Waals surface area contributed by atoms with Crippen LogP contribution < -0.4 is 11.1 Å². The van der Waals surface area contributed by atoms with Gasteiger partial charge in [0, 0.05) is 19.5 Å². The van der Waals surface area contributed by atoms with Gasteiger partial charge in [-0.2, -0.15) is 0 Å². The molecular formula is C9H16N2O3. The standard InChI is InChI=1S/C9H16N2O3/c10-5-2-7(12)11-6-9(8(13)14)3-1-4-9/h1-6,10H2,(H,11,12)(H,13,14). The van der Waals surface area contributed by atoms with Crippen molar-refractivity contribution in [3.05, 3.63) is 0 Å². The molecule has 80 valence electrons. The van der Waals surface area contributed by atoms with Crippen molar-refractivity contribution in [3.63, 3.8) is 0 Å². The van der Waals surface area contributed by atoms with Crippen molar-refractivity contribution in [1.29, 1.82) is 0 Å². The number of aliphatic carboxylic acids is 1. The number of amides is 1. The zero-order valence-electron chi connectivity index (χ0n) is 8.08. The lowest BCUT2D eigenvalue weighted by atomic mass is 9.69. The van der Waals surface area contributed by atoms with Crippen LogP contribution in [0.25, 0.3) is 0 Å². The highest BCUT2D eigenvalue weighted by Crippen LogP contribution is 2.40. The number of nitrogens with one attached hydrogen (secondary N) is 1. The van der Waals surface area contributed by atoms with Crippen molar-refractivity contribution in [2.45, 2.75) is 25.7 Å². The second-order valence-electron chi connectivity index (χ2n) is 3.75. The quantitative estimate of drug-likeness (QED) is 0.568. The van der Waals surface area contributed by atoms with Gasteiger partial charge in [-0.25, -0.2) is 0 Å². The highest BCUT2D eigenvalue weighted by Gasteiger charge is 2.44. The number of rotatable bonds is 5. The van der Waals surface area contributed by atoms with E-state index in [2.05, 4.69) is 5.32 Å². The molecule has 0 aromatic carbocycles. The van der Waals surface area contributed by atoms with Gasteiger partial charge in [0.05, 0.1) is 5.41 Å². The third-order valence-corrected chi connectivity index (χ3v) is 2.76. The van der Waals surface area contributed by atoms with E-state index < -0.39 is 11.4 Å². The third kappa shape index (κ3) is 2.23. The minimum absolute atomic E-state index is 0.167. The summed E-state index contributed by atoms with van der Waals surface area (Å²) in [4.78, 5) is 22.0. The topological polar surface area (TPSA) is 92.4 Å². The van der Waals surface area contributed by atoms with Crippen LogP contribution in [-0.4, -0.2) is 30.1 Å². The van der Waals surface area contributed by atoms with E-state index >= 15 is 0 Å². The van der Waals surface area contributed by atoms with E-state index in [-0.39, 0.29) is 18.9 Å². The Morgan fingerprint density at radius 3 is 2.43 bits per heavy atom. The maximum atomic E-state index is 11.1. The molecule has 1 saturated carbocycles. The summed E-state index contributed by atoms with van der Waals surface area (Å²) >= 11 is 0. The zero-order chi connectivity index (χ0) is 10.6. The molecule has 0 saturated heterocycles. The Kier molecular flexibility index (Phi) is 3.46. The van der Waals surface area contributed by atoms with Crippen LogP contribution in [0.4, 0.5) is 0 Å². The molecule has 0 bridgehead atoms. The van der Waals surface area contributed by atoms with Gasteiger partial charge in [0.1, 0.15) is 0 Å². The van der Waals surface area contributed by atoms with E-state index in [1.807, 2.05) is 0 Å². The van der Waals surface area contributed by atoms with E-state index in [1.54, 1.807) is 0 Å². The molecule has 4 N–H and O–H groups in total. The first-order valence-corrected chi connectivity index (χ1v) is 4.81. The first-order valence-electron chi connectivity index (χ1n) is 4.81. The van der Waals surface area contributed by atoms with Crippen LogP contribution in [0.15, 0.2) is 0 Å². The largest absolute Gasteiger partial charge is 0.481 e. The van der Waals surface area contributed by atoms with Gasteiger partial charge in [-0.1, -0.05) is 6.42 Å². The minimum Gasteiger partial charge on any atom is -0.481 e. The van der Waals surface area contributed by atoms with E-state index in [4.69, 9.17) is 10.8 Å². The molecule has 1 rings (SSSR count). The number of carbonyl (C=O) groups is 2. The molecular weight excluding hydrogens is 184 g/mol. The predicted molar refractivity (Wildman–Crippen MR) is 50.6 cm³/mol. The summed E-state index contributed by atoms with van der Waals surface area (Å²) in [6.45, 7) is 0.535. The maximum Gasteiger partial charge on any atom is 0.311 e. The van der Waals surface area contributed by atoms with Gasteiger partial charge < -0.3 is 16.2 Å². The summed E-state index contributed by atoms with van der Waals surface area (Å²) in [6, 6.07) is 0. The highest BCUT2D eigenvalue weighted by molar-refractivity contribution is 5.79. The average molecular weight is 200 g/mol. The van der Waals surface area contributed by atoms with Crippen LogP contribution in [0.3, 0.4) is 0 Å². The van der Waals surface area contributed by atoms with Crippen LogP contribution >= 0.6 is 0 Å². The summed E-state index contributed by atoms with van der Waals surface area (Å²) in [7, 11) is 0. The first-order chi connectivity index (χ1) is 6.60. The normalized spacial score (nSPS) is 18.4. The summed E-state index contributed by atoms with van der Waals surface area (Å²) in [5.74, 6) is -0.975. The molecule has 14 heavy (non-hydrogen) atoms. The molecule has 5 nitrogen and oxygen atoms in total. The van der Waals surface area contributed by atoms with E-state index in [0.717, 1.165) is 6.42 Å². The molecule has 0 spiro atoms. The van der Waals surface area contributed by atoms with Gasteiger partial charge in [0.25, 0.3) is 0 Å². The SMILES string of the molecule is NCCC(=O)NCC1(C(=O)O)CCC1. The number of hydrogen-bond acceptors (Lipinski definition) is 3. The van der Waals surface area contributed by atoms with Gasteiger partial charge in [-0.15, -0.1) is 0 Å². The Bertz CT molecular complexity index is 236. The van der Waals surface area contributed by atoms with Crippen molar-refractivity contribution in [3.8, 4) is 0 Å². The molecule has 0 aliphatic heterocycles. The van der Waals surface area contributed by atoms with Crippen LogP contribution in [0, 0.1) is 5.41 Å². The highest BCUT2D eigenvalue weighted by atomic mass is 16.4. The molecule has 0 atom stereocenters. The minimum atomic E-state index is -0.809. The molecule has 1 aliphatic rings. The number of nitrogens with two attached hydrogens (primary N) is 1. The van der Waals surface area contributed by atoms with E-state index in [0.29, 0.717) is 19.4 Å². The average Bonchev–Trinajstić information content (AvgIpc) is 2.02. The third-order valence-electron chi connectivity index (χ3n) is 2.76. The molecule has 1 fully saturated rings. The molecule has 1 aliphatic carbocycles. The Hall–Kier alpha value is -1.10. The predicted octanol–water partition coefficient (Wildman–Crippen LogP) is -0.294. The van der Waals surface area contributed by atoms with Gasteiger partial charge in [-0.3, -0.25) is 9.59 Å². The monoisotopic (exact) mass is 200 g/mol. The van der Waals surface area contributed by atoms with Crippen molar-refractivity contribution in [1.82, 2.24) is 5.32 Å². The Morgan fingerprint density at radius 1 is 1.43 bits per heavy atom. The fourth-order valence-electron chi connectivity index (χ4n) is 1.56. The number of carboxylic acid groups (broad SMARTS) is 1. The molecule has 0 aromatic heterocycles. The van der Waals surface area contributed by atoms with Crippen LogP contribution in [0.5, 0.6) is 0 Å². The smallest absolute Gasteiger partial charge is 0.311 e. The fourth-order valence-corrected chi connectivity index (χ4v) is 1.56. The maximum absolute atomic E-state index is 11.1. The first kappa shape index (κ1) is 11.0. The molecule has 5 heteroatoms. The van der Waals surface area contributed by atoms with Gasteiger partial charge in [0.15, 0.2) is 0 Å². The molecule has 1 amide bonds. The van der Waals surface area contributed by atoms with Crippen molar-refractivity contribution in [2.24, 2.45) is 11.1 Å². The number of hydrogen-bond donors (Lipinski definition) is 3. The second kappa shape index (κ2) is 4.41. The Labute approximate surface area is 82.7 Å². The number of carbonyl (C=O) groups excluding carboxylic acids is 1. The lowest BCUT2D eigenvalue weighted by molar-refractivity contribution is -0.154. The summed E-state index contributed by atoms with van der Waals surface area (Å²) < 4.78 is 0. The number of carboxylic acids is 1. The lowest BCUT2D eigenvalue weighted by Crippen LogP contribution is -2.47. The van der Waals surface area contributed by atoms with Crippen molar-refractivity contribution in [2.75, 3.05) is 13.1 Å². The molecule has 0 aromatic rings. The fraction of sp³-hybridized carbons (Fsp3) is 0.778. The van der Waals surface area contributed by atoms with E-state index in [1.165, 1.54) is 0 Å². The molecule has 0 heterocycles. The summed E-state index contributed by atoms with van der Waals surface area (Å²) in [6.07, 6.45) is 2.51. The van der Waals surface area contributed by atoms with Crippen LogP contribution in [0.1, 0.15) is 25.7 Å². The van der Waals surface area contributed by atoms with Crippen LogP contribution in [0.2, 0.25) is 0 Å². The Balaban J connectivity index is 2.35. The van der Waals surface area contributed by atoms with Gasteiger partial charge in [-0.05, 0) is 12.8 Å². The summed E-state index contributed by atoms with van der Waals surface area (Å²) in [5, 5.41) is 11.6. The van der Waals surface area contributed by atoms with Crippen LogP contribution in [-0.2, 0) is 9.59 Å². The van der Waals surface area contributed by atoms with E-state index in [9.17, 15) is 9.59 Å². The van der Waals surface area contributed by atoms with Gasteiger partial charge in [0.2, 0.25) is 5.91 Å². The van der Waals surface area contributed by atoms with Crippen molar-refractivity contribution < 1.29 is 14.7 Å². The van der Waals surface area contributed by atoms with Gasteiger partial charge >= 0.3 is 5.97 Å². The lowest BCUT2D eigenvalue weighted by Gasteiger charge is -2.37. The van der Waals surface area contributed by atoms with Crippen molar-refractivity contribution >= 4 is 11.9 Å². The molecule has 0 radical (unpaired) electrons. The second-order valence-corrected chi connectivity index (χ2v) is 3.75. The summed E-state index contributed by atoms with van der Waals surface area (Å²) in [5.41, 5.74) is 4.49. The Morgan fingerprint density at radius 2 is 2.07 bits per heavy atom. The zero-order valence-corrected chi connectivity index (χ0v) is 8.08.